The summed E-state index contributed by atoms with van der Waals surface area (Å²) in [6.07, 6.45) is 0.807. The molecule has 0 bridgehead atoms. The first-order chi connectivity index (χ1) is 8.24. The first-order valence-electron chi connectivity index (χ1n) is 5.21. The molecule has 0 amide bonds. The summed E-state index contributed by atoms with van der Waals surface area (Å²) >= 11 is 5.03. The van der Waals surface area contributed by atoms with Crippen LogP contribution in [0.25, 0.3) is 10.7 Å². The summed E-state index contributed by atoms with van der Waals surface area (Å²) in [6, 6.07) is 2.01. The molecule has 17 heavy (non-hydrogen) atoms. The molecule has 0 aromatic carbocycles. The highest BCUT2D eigenvalue weighted by Crippen LogP contribution is 2.30. The quantitative estimate of drug-likeness (QED) is 0.879. The molecule has 0 saturated heterocycles. The molecule has 0 unspecified atom stereocenters. The van der Waals surface area contributed by atoms with Gasteiger partial charge in [0.05, 0.1) is 23.8 Å². The monoisotopic (exact) mass is 311 g/mol. The van der Waals surface area contributed by atoms with Gasteiger partial charge in [0.2, 0.25) is 0 Å². The summed E-state index contributed by atoms with van der Waals surface area (Å²) in [4.78, 5) is 9.95. The zero-order chi connectivity index (χ0) is 11.8. The normalized spacial score (nSPS) is 14.6. The summed E-state index contributed by atoms with van der Waals surface area (Å²) in [5, 5.41) is 2.01. The number of aromatic nitrogens is 2. The second kappa shape index (κ2) is 4.36. The lowest BCUT2D eigenvalue weighted by Gasteiger charge is -2.17. The van der Waals surface area contributed by atoms with Crippen molar-refractivity contribution in [2.45, 2.75) is 13.0 Å². The summed E-state index contributed by atoms with van der Waals surface area (Å²) in [6.45, 7) is 1.23. The number of ether oxygens (including phenoxy) is 1. The van der Waals surface area contributed by atoms with Crippen molar-refractivity contribution < 1.29 is 4.74 Å². The van der Waals surface area contributed by atoms with E-state index in [1.54, 1.807) is 11.3 Å². The maximum Gasteiger partial charge on any atom is 0.171 e. The summed E-state index contributed by atoms with van der Waals surface area (Å²) in [7, 11) is 0. The molecule has 2 aromatic rings. The van der Waals surface area contributed by atoms with Crippen LogP contribution in [0.4, 0.5) is 5.82 Å². The zero-order valence-corrected chi connectivity index (χ0v) is 11.3. The van der Waals surface area contributed by atoms with Crippen LogP contribution in [0.1, 0.15) is 11.3 Å². The van der Waals surface area contributed by atoms with Crippen LogP contribution in [-0.4, -0.2) is 16.6 Å². The van der Waals surface area contributed by atoms with E-state index in [1.807, 2.05) is 11.4 Å². The molecule has 1 aliphatic heterocycles. The summed E-state index contributed by atoms with van der Waals surface area (Å²) < 4.78 is 6.40. The molecule has 0 spiro atoms. The first-order valence-corrected chi connectivity index (χ1v) is 6.89. The average molecular weight is 312 g/mol. The minimum Gasteiger partial charge on any atom is -0.383 e. The largest absolute Gasteiger partial charge is 0.383 e. The fraction of sp³-hybridized carbons (Fsp3) is 0.273. The molecule has 0 radical (unpaired) electrons. The molecule has 2 aromatic heterocycles. The second-order valence-electron chi connectivity index (χ2n) is 3.79. The Morgan fingerprint density at radius 1 is 1.41 bits per heavy atom. The Hall–Kier alpha value is -0.980. The van der Waals surface area contributed by atoms with Crippen molar-refractivity contribution in [2.24, 2.45) is 0 Å². The van der Waals surface area contributed by atoms with Crippen molar-refractivity contribution in [3.05, 3.63) is 27.2 Å². The van der Waals surface area contributed by atoms with E-state index in [9.17, 15) is 0 Å². The molecule has 0 atom stereocenters. The zero-order valence-electron chi connectivity index (χ0n) is 8.94. The van der Waals surface area contributed by atoms with E-state index < -0.39 is 0 Å². The number of nitrogens with two attached hydrogens (primary N) is 1. The summed E-state index contributed by atoms with van der Waals surface area (Å²) in [5.41, 5.74) is 7.91. The molecule has 3 rings (SSSR count). The summed E-state index contributed by atoms with van der Waals surface area (Å²) in [5.74, 6) is 1.24. The molecule has 0 fully saturated rings. The molecule has 2 N–H and O–H groups in total. The van der Waals surface area contributed by atoms with Gasteiger partial charge in [0.15, 0.2) is 5.82 Å². The van der Waals surface area contributed by atoms with Gasteiger partial charge in [0, 0.05) is 21.8 Å². The van der Waals surface area contributed by atoms with Gasteiger partial charge >= 0.3 is 0 Å². The van der Waals surface area contributed by atoms with Crippen molar-refractivity contribution in [3.63, 3.8) is 0 Å². The highest BCUT2D eigenvalue weighted by Gasteiger charge is 2.17. The molecule has 3 heterocycles. The van der Waals surface area contributed by atoms with E-state index in [0.29, 0.717) is 24.9 Å². The number of nitrogen functional groups attached to an aromatic ring is 1. The molecule has 0 aliphatic carbocycles. The van der Waals surface area contributed by atoms with E-state index in [0.717, 1.165) is 27.0 Å². The fourth-order valence-corrected chi connectivity index (χ4v) is 3.16. The Kier molecular flexibility index (Phi) is 2.85. The molecule has 0 saturated carbocycles. The number of hydrogen-bond donors (Lipinski definition) is 1. The van der Waals surface area contributed by atoms with Crippen molar-refractivity contribution in [3.8, 4) is 10.7 Å². The maximum atomic E-state index is 5.95. The van der Waals surface area contributed by atoms with Crippen LogP contribution in [0.15, 0.2) is 15.9 Å². The van der Waals surface area contributed by atoms with Crippen molar-refractivity contribution in [2.75, 3.05) is 12.3 Å². The topological polar surface area (TPSA) is 61.0 Å². The fourth-order valence-electron chi connectivity index (χ4n) is 1.80. The van der Waals surface area contributed by atoms with Crippen molar-refractivity contribution >= 4 is 33.1 Å². The lowest BCUT2D eigenvalue weighted by molar-refractivity contribution is 0.109. The van der Waals surface area contributed by atoms with Crippen molar-refractivity contribution in [1.29, 1.82) is 0 Å². The van der Waals surface area contributed by atoms with Gasteiger partial charge in [-0.3, -0.25) is 0 Å². The Morgan fingerprint density at radius 2 is 2.29 bits per heavy atom. The van der Waals surface area contributed by atoms with Crippen LogP contribution in [0.2, 0.25) is 0 Å². The molecule has 6 heteroatoms. The molecule has 4 nitrogen and oxygen atoms in total. The van der Waals surface area contributed by atoms with Gasteiger partial charge in [-0.1, -0.05) is 0 Å². The number of nitrogens with zero attached hydrogens (tertiary/aromatic N) is 2. The minimum absolute atomic E-state index is 0.523. The van der Waals surface area contributed by atoms with Crippen LogP contribution in [0, 0.1) is 0 Å². The third-order valence-electron chi connectivity index (χ3n) is 2.64. The first kappa shape index (κ1) is 11.1. The number of fused-ring (bicyclic) bond motifs is 1. The number of halogens is 1. The molecular formula is C11H10BrN3OS. The van der Waals surface area contributed by atoms with Crippen LogP contribution in [-0.2, 0) is 17.8 Å². The predicted molar refractivity (Wildman–Crippen MR) is 70.8 cm³/mol. The smallest absolute Gasteiger partial charge is 0.171 e. The van der Waals surface area contributed by atoms with Gasteiger partial charge in [-0.15, -0.1) is 11.3 Å². The highest BCUT2D eigenvalue weighted by atomic mass is 79.9. The number of thiophene rings is 1. The van der Waals surface area contributed by atoms with Crippen LogP contribution < -0.4 is 5.73 Å². The van der Waals surface area contributed by atoms with Gasteiger partial charge in [-0.25, -0.2) is 9.97 Å². The molecule has 1 aliphatic rings. The van der Waals surface area contributed by atoms with Crippen molar-refractivity contribution in [1.82, 2.24) is 9.97 Å². The lowest BCUT2D eigenvalue weighted by atomic mass is 10.1. The minimum atomic E-state index is 0.523. The van der Waals surface area contributed by atoms with Crippen LogP contribution in [0.5, 0.6) is 0 Å². The predicted octanol–water partition coefficient (Wildman–Crippen LogP) is 2.62. The SMILES string of the molecule is Nc1nc(-c2cc(Br)cs2)nc2c1COCC2. The van der Waals surface area contributed by atoms with E-state index in [1.165, 1.54) is 0 Å². The Bertz CT molecular complexity index is 570. The average Bonchev–Trinajstić information content (AvgIpc) is 2.76. The standard InChI is InChI=1S/C11H10BrN3OS/c12-6-3-9(17-5-6)11-14-8-1-2-16-4-7(8)10(13)15-11/h3,5H,1-2,4H2,(H2,13,14,15). The van der Waals surface area contributed by atoms with Gasteiger partial charge in [-0.2, -0.15) is 0 Å². The number of rotatable bonds is 1. The van der Waals surface area contributed by atoms with Crippen LogP contribution >= 0.6 is 27.3 Å². The highest BCUT2D eigenvalue weighted by molar-refractivity contribution is 9.10. The van der Waals surface area contributed by atoms with E-state index in [4.69, 9.17) is 10.5 Å². The maximum absolute atomic E-state index is 5.95. The Balaban J connectivity index is 2.10. The van der Waals surface area contributed by atoms with E-state index >= 15 is 0 Å². The lowest BCUT2D eigenvalue weighted by Crippen LogP contribution is -2.15. The van der Waals surface area contributed by atoms with Gasteiger partial charge in [-0.05, 0) is 22.0 Å². The number of hydrogen-bond acceptors (Lipinski definition) is 5. The van der Waals surface area contributed by atoms with Crippen LogP contribution in [0.3, 0.4) is 0 Å². The third kappa shape index (κ3) is 2.08. The van der Waals surface area contributed by atoms with E-state index in [2.05, 4.69) is 25.9 Å². The molecule has 88 valence electrons. The third-order valence-corrected chi connectivity index (χ3v) is 4.33. The van der Waals surface area contributed by atoms with Gasteiger partial charge in [0.1, 0.15) is 5.82 Å². The van der Waals surface area contributed by atoms with E-state index in [-0.39, 0.29) is 0 Å². The molecular weight excluding hydrogens is 302 g/mol. The second-order valence-corrected chi connectivity index (χ2v) is 5.62. The Labute approximate surface area is 111 Å². The number of anilines is 1. The van der Waals surface area contributed by atoms with Gasteiger partial charge in [0.25, 0.3) is 0 Å². The Morgan fingerprint density at radius 3 is 3.06 bits per heavy atom. The van der Waals surface area contributed by atoms with Gasteiger partial charge < -0.3 is 10.5 Å².